The lowest BCUT2D eigenvalue weighted by Crippen LogP contribution is -2.47. The summed E-state index contributed by atoms with van der Waals surface area (Å²) in [6.45, 7) is 6.57. The summed E-state index contributed by atoms with van der Waals surface area (Å²) in [5, 5.41) is 4.37. The second-order valence-electron chi connectivity index (χ2n) is 4.28. The van der Waals surface area contributed by atoms with Crippen LogP contribution in [0.15, 0.2) is 12.3 Å². The van der Waals surface area contributed by atoms with Crippen molar-refractivity contribution in [2.75, 3.05) is 7.11 Å². The molecular formula is C11H19N3O2. The molecule has 0 amide bonds. The number of methoxy groups -OCH3 is 1. The van der Waals surface area contributed by atoms with E-state index in [0.29, 0.717) is 0 Å². The number of carbonyl (C=O) groups excluding carboxylic acids is 1. The Morgan fingerprint density at radius 2 is 2.31 bits per heavy atom. The first kappa shape index (κ1) is 12.7. The first-order valence-electron chi connectivity index (χ1n) is 5.30. The van der Waals surface area contributed by atoms with E-state index in [-0.39, 0.29) is 0 Å². The van der Waals surface area contributed by atoms with Crippen LogP contribution in [0.1, 0.15) is 26.5 Å². The number of hydrogen-bond donors (Lipinski definition) is 1. The van der Waals surface area contributed by atoms with Gasteiger partial charge in [0.05, 0.1) is 12.8 Å². The number of hydrogen-bond acceptors (Lipinski definition) is 4. The molecule has 0 aliphatic heterocycles. The lowest BCUT2D eigenvalue weighted by Gasteiger charge is -2.27. The third-order valence-electron chi connectivity index (χ3n) is 2.86. The van der Waals surface area contributed by atoms with Gasteiger partial charge in [0.25, 0.3) is 0 Å². The standard InChI is InChI=1S/C11H19N3O2/c1-5-14-7-6-8(13-14)11(2,3)9(12)10(15)16-4/h6-7,9H,5,12H2,1-4H3. The van der Waals surface area contributed by atoms with Crippen LogP contribution in [-0.2, 0) is 21.5 Å². The summed E-state index contributed by atoms with van der Waals surface area (Å²) in [7, 11) is 1.34. The summed E-state index contributed by atoms with van der Waals surface area (Å²) < 4.78 is 6.46. The molecule has 16 heavy (non-hydrogen) atoms. The maximum Gasteiger partial charge on any atom is 0.323 e. The molecule has 0 radical (unpaired) electrons. The van der Waals surface area contributed by atoms with E-state index >= 15 is 0 Å². The zero-order chi connectivity index (χ0) is 12.3. The summed E-state index contributed by atoms with van der Waals surface area (Å²) in [5.41, 5.74) is 6.13. The smallest absolute Gasteiger partial charge is 0.323 e. The molecule has 5 heteroatoms. The number of aromatic nitrogens is 2. The fraction of sp³-hybridized carbons (Fsp3) is 0.636. The topological polar surface area (TPSA) is 70.1 Å². The molecule has 0 saturated carbocycles. The number of rotatable bonds is 4. The first-order valence-corrected chi connectivity index (χ1v) is 5.30. The quantitative estimate of drug-likeness (QED) is 0.765. The largest absolute Gasteiger partial charge is 0.468 e. The molecule has 0 aliphatic rings. The van der Waals surface area contributed by atoms with Gasteiger partial charge in [-0.3, -0.25) is 9.48 Å². The van der Waals surface area contributed by atoms with Crippen LogP contribution in [0.3, 0.4) is 0 Å². The highest BCUT2D eigenvalue weighted by atomic mass is 16.5. The van der Waals surface area contributed by atoms with Crippen molar-refractivity contribution in [3.8, 4) is 0 Å². The summed E-state index contributed by atoms with van der Waals surface area (Å²) in [4.78, 5) is 11.4. The summed E-state index contributed by atoms with van der Waals surface area (Å²) >= 11 is 0. The number of carbonyl (C=O) groups is 1. The molecular weight excluding hydrogens is 206 g/mol. The molecule has 5 nitrogen and oxygen atoms in total. The number of esters is 1. The molecule has 0 aromatic carbocycles. The van der Waals surface area contributed by atoms with Gasteiger partial charge in [-0.25, -0.2) is 0 Å². The summed E-state index contributed by atoms with van der Waals surface area (Å²) in [6.07, 6.45) is 1.88. The first-order chi connectivity index (χ1) is 7.43. The van der Waals surface area contributed by atoms with Crippen LogP contribution in [0, 0.1) is 0 Å². The van der Waals surface area contributed by atoms with Crippen molar-refractivity contribution >= 4 is 5.97 Å². The third-order valence-corrected chi connectivity index (χ3v) is 2.86. The van der Waals surface area contributed by atoms with Crippen molar-refractivity contribution in [1.82, 2.24) is 9.78 Å². The number of nitrogens with zero attached hydrogens (tertiary/aromatic N) is 2. The molecule has 0 saturated heterocycles. The van der Waals surface area contributed by atoms with Gasteiger partial charge in [-0.1, -0.05) is 13.8 Å². The van der Waals surface area contributed by atoms with Crippen molar-refractivity contribution in [2.24, 2.45) is 5.73 Å². The molecule has 1 rings (SSSR count). The Morgan fingerprint density at radius 3 is 2.75 bits per heavy atom. The molecule has 0 bridgehead atoms. The second-order valence-corrected chi connectivity index (χ2v) is 4.28. The van der Waals surface area contributed by atoms with Gasteiger partial charge in [-0.05, 0) is 13.0 Å². The SMILES string of the molecule is CCn1ccc(C(C)(C)C(N)C(=O)OC)n1. The maximum atomic E-state index is 11.4. The van der Waals surface area contributed by atoms with Gasteiger partial charge in [0, 0.05) is 18.2 Å². The van der Waals surface area contributed by atoms with Crippen molar-refractivity contribution in [3.63, 3.8) is 0 Å². The van der Waals surface area contributed by atoms with Gasteiger partial charge in [-0.15, -0.1) is 0 Å². The maximum absolute atomic E-state index is 11.4. The number of nitrogens with two attached hydrogens (primary N) is 1. The van der Waals surface area contributed by atoms with Crippen molar-refractivity contribution in [2.45, 2.75) is 38.8 Å². The Kier molecular flexibility index (Phi) is 3.70. The van der Waals surface area contributed by atoms with E-state index in [1.54, 1.807) is 4.68 Å². The van der Waals surface area contributed by atoms with Gasteiger partial charge in [-0.2, -0.15) is 5.10 Å². The van der Waals surface area contributed by atoms with Gasteiger partial charge in [0.2, 0.25) is 0 Å². The lowest BCUT2D eigenvalue weighted by molar-refractivity contribution is -0.143. The Bertz CT molecular complexity index is 371. The molecule has 1 aromatic rings. The van der Waals surface area contributed by atoms with Crippen molar-refractivity contribution < 1.29 is 9.53 Å². The van der Waals surface area contributed by atoms with Crippen molar-refractivity contribution in [1.29, 1.82) is 0 Å². The molecule has 0 fully saturated rings. The van der Waals surface area contributed by atoms with Gasteiger partial charge in [0.1, 0.15) is 6.04 Å². The molecule has 1 unspecified atom stereocenters. The fourth-order valence-corrected chi connectivity index (χ4v) is 1.46. The van der Waals surface area contributed by atoms with Gasteiger partial charge >= 0.3 is 5.97 Å². The zero-order valence-corrected chi connectivity index (χ0v) is 10.2. The molecule has 90 valence electrons. The monoisotopic (exact) mass is 225 g/mol. The third kappa shape index (κ3) is 2.24. The minimum Gasteiger partial charge on any atom is -0.468 e. The van der Waals surface area contributed by atoms with E-state index in [1.807, 2.05) is 33.0 Å². The molecule has 1 aromatic heterocycles. The van der Waals surface area contributed by atoms with Crippen LogP contribution >= 0.6 is 0 Å². The van der Waals surface area contributed by atoms with E-state index in [4.69, 9.17) is 5.73 Å². The predicted octanol–water partition coefficient (Wildman–Crippen LogP) is 0.681. The van der Waals surface area contributed by atoms with E-state index in [1.165, 1.54) is 7.11 Å². The van der Waals surface area contributed by atoms with Crippen LogP contribution < -0.4 is 5.73 Å². The minimum atomic E-state index is -0.710. The van der Waals surface area contributed by atoms with Gasteiger partial charge in [0.15, 0.2) is 0 Å². The van der Waals surface area contributed by atoms with Crippen LogP contribution in [0.25, 0.3) is 0 Å². The Labute approximate surface area is 95.6 Å². The predicted molar refractivity (Wildman–Crippen MR) is 60.9 cm³/mol. The van der Waals surface area contributed by atoms with E-state index in [2.05, 4.69) is 9.84 Å². The molecule has 1 atom stereocenters. The summed E-state index contributed by atoms with van der Waals surface area (Å²) in [6, 6.07) is 1.17. The molecule has 1 heterocycles. The van der Waals surface area contributed by atoms with Crippen molar-refractivity contribution in [3.05, 3.63) is 18.0 Å². The number of aryl methyl sites for hydroxylation is 1. The Balaban J connectivity index is 2.95. The summed E-state index contributed by atoms with van der Waals surface area (Å²) in [5.74, 6) is -0.420. The second kappa shape index (κ2) is 4.65. The fourth-order valence-electron chi connectivity index (χ4n) is 1.46. The highest BCUT2D eigenvalue weighted by molar-refractivity contribution is 5.77. The normalized spacial score (nSPS) is 13.6. The number of ether oxygens (including phenoxy) is 1. The van der Waals surface area contributed by atoms with Crippen LogP contribution in [-0.4, -0.2) is 28.9 Å². The minimum absolute atomic E-state index is 0.420. The van der Waals surface area contributed by atoms with E-state index in [9.17, 15) is 4.79 Å². The Morgan fingerprint density at radius 1 is 1.69 bits per heavy atom. The molecule has 0 aliphatic carbocycles. The Hall–Kier alpha value is -1.36. The highest BCUT2D eigenvalue weighted by Crippen LogP contribution is 2.25. The molecule has 0 spiro atoms. The van der Waals surface area contributed by atoms with Crippen LogP contribution in [0.2, 0.25) is 0 Å². The average Bonchev–Trinajstić information content (AvgIpc) is 2.75. The molecule has 2 N–H and O–H groups in total. The van der Waals surface area contributed by atoms with E-state index < -0.39 is 17.4 Å². The van der Waals surface area contributed by atoms with E-state index in [0.717, 1.165) is 12.2 Å². The average molecular weight is 225 g/mol. The zero-order valence-electron chi connectivity index (χ0n) is 10.2. The highest BCUT2D eigenvalue weighted by Gasteiger charge is 2.36. The van der Waals surface area contributed by atoms with Crippen LogP contribution in [0.5, 0.6) is 0 Å². The lowest BCUT2D eigenvalue weighted by atomic mass is 9.82. The van der Waals surface area contributed by atoms with Gasteiger partial charge < -0.3 is 10.5 Å². The van der Waals surface area contributed by atoms with Crippen LogP contribution in [0.4, 0.5) is 0 Å².